The van der Waals surface area contributed by atoms with E-state index in [0.717, 1.165) is 33.0 Å². The molecule has 39 heavy (non-hydrogen) atoms. The number of benzene rings is 3. The molecule has 0 aliphatic rings. The second kappa shape index (κ2) is 11.3. The van der Waals surface area contributed by atoms with E-state index in [-0.39, 0.29) is 11.4 Å². The van der Waals surface area contributed by atoms with Crippen molar-refractivity contribution in [3.05, 3.63) is 122 Å². The van der Waals surface area contributed by atoms with Gasteiger partial charge in [-0.05, 0) is 53.6 Å². The molecule has 0 amide bonds. The van der Waals surface area contributed by atoms with E-state index >= 15 is 0 Å². The van der Waals surface area contributed by atoms with Crippen LogP contribution in [0.15, 0.2) is 104 Å². The highest BCUT2D eigenvalue weighted by Crippen LogP contribution is 2.35. The van der Waals surface area contributed by atoms with Crippen LogP contribution in [0.1, 0.15) is 16.7 Å². The summed E-state index contributed by atoms with van der Waals surface area (Å²) < 4.78 is 41.8. The van der Waals surface area contributed by atoms with Crippen LogP contribution in [0.3, 0.4) is 0 Å². The minimum absolute atomic E-state index is 0.127. The van der Waals surface area contributed by atoms with Crippen molar-refractivity contribution in [3.8, 4) is 11.4 Å². The van der Waals surface area contributed by atoms with Crippen LogP contribution in [-0.4, -0.2) is 20.9 Å². The Bertz CT molecular complexity index is 1740. The summed E-state index contributed by atoms with van der Waals surface area (Å²) in [6.07, 6.45) is 0.0328. The van der Waals surface area contributed by atoms with E-state index in [2.05, 4.69) is 31.0 Å². The van der Waals surface area contributed by atoms with Crippen molar-refractivity contribution >= 4 is 56.4 Å². The Morgan fingerprint density at radius 1 is 1.00 bits per heavy atom. The average molecular weight is 630 g/mol. The molecule has 11 heteroatoms. The molecule has 2 heterocycles. The van der Waals surface area contributed by atoms with E-state index in [9.17, 15) is 18.0 Å². The van der Waals surface area contributed by atoms with Gasteiger partial charge in [-0.15, -0.1) is 11.8 Å². The number of nitrogens with zero attached hydrogens (tertiary/aromatic N) is 4. The maximum atomic E-state index is 13.5. The maximum absolute atomic E-state index is 13.5. The fourth-order valence-electron chi connectivity index (χ4n) is 3.76. The van der Waals surface area contributed by atoms with E-state index < -0.39 is 22.3 Å². The molecule has 0 unspecified atom stereocenters. The van der Waals surface area contributed by atoms with Gasteiger partial charge in [0.2, 0.25) is 0 Å². The Hall–Kier alpha value is -3.47. The highest BCUT2D eigenvalue weighted by atomic mass is 79.9. The Morgan fingerprint density at radius 2 is 1.74 bits per heavy atom. The predicted octanol–water partition coefficient (Wildman–Crippen LogP) is 8.07. The second-order valence-electron chi connectivity index (χ2n) is 8.36. The number of thioether (sulfide) groups is 1. The SMILES string of the molecule is O=c1c2cc(Br)ccc2nc(-c2ccc(CSc3ccncc3)cc2)n1N=Cc1ccc(Cl)c(C(F)(F)F)c1. The molecule has 5 rings (SSSR count). The molecule has 0 fully saturated rings. The van der Waals surface area contributed by atoms with Crippen LogP contribution in [0, 0.1) is 0 Å². The molecule has 0 spiro atoms. The third-order valence-corrected chi connectivity index (χ3v) is 7.60. The van der Waals surface area contributed by atoms with E-state index in [0.29, 0.717) is 20.9 Å². The van der Waals surface area contributed by atoms with Crippen LogP contribution in [0.4, 0.5) is 13.2 Å². The van der Waals surface area contributed by atoms with Crippen molar-refractivity contribution in [2.75, 3.05) is 0 Å². The summed E-state index contributed by atoms with van der Waals surface area (Å²) in [6, 6.07) is 20.0. The minimum atomic E-state index is -4.63. The van der Waals surface area contributed by atoms with Crippen LogP contribution in [0.5, 0.6) is 0 Å². The largest absolute Gasteiger partial charge is 0.417 e. The van der Waals surface area contributed by atoms with Crippen LogP contribution in [0.2, 0.25) is 5.02 Å². The third kappa shape index (κ3) is 6.24. The lowest BCUT2D eigenvalue weighted by Crippen LogP contribution is -2.20. The zero-order valence-electron chi connectivity index (χ0n) is 19.9. The van der Waals surface area contributed by atoms with E-state index in [1.807, 2.05) is 36.4 Å². The van der Waals surface area contributed by atoms with Crippen molar-refractivity contribution in [1.29, 1.82) is 0 Å². The van der Waals surface area contributed by atoms with Gasteiger partial charge in [-0.3, -0.25) is 9.78 Å². The van der Waals surface area contributed by atoms with Crippen molar-refractivity contribution in [3.63, 3.8) is 0 Å². The molecule has 0 radical (unpaired) electrons. The Morgan fingerprint density at radius 3 is 2.46 bits per heavy atom. The first-order chi connectivity index (χ1) is 18.7. The molecule has 0 atom stereocenters. The average Bonchev–Trinajstić information content (AvgIpc) is 2.92. The lowest BCUT2D eigenvalue weighted by molar-refractivity contribution is -0.137. The number of rotatable bonds is 6. The molecule has 196 valence electrons. The number of fused-ring (bicyclic) bond motifs is 1. The molecule has 2 aromatic heterocycles. The Kier molecular flexibility index (Phi) is 7.88. The monoisotopic (exact) mass is 628 g/mol. The molecule has 0 saturated carbocycles. The molecule has 0 N–H and O–H groups in total. The van der Waals surface area contributed by atoms with Crippen LogP contribution >= 0.6 is 39.3 Å². The fourth-order valence-corrected chi connectivity index (χ4v) is 5.18. The minimum Gasteiger partial charge on any atom is -0.267 e. The van der Waals surface area contributed by atoms with Crippen molar-refractivity contribution in [1.82, 2.24) is 14.6 Å². The summed E-state index contributed by atoms with van der Waals surface area (Å²) in [6.45, 7) is 0. The molecular weight excluding hydrogens is 613 g/mol. The molecule has 0 aliphatic carbocycles. The number of hydrogen-bond donors (Lipinski definition) is 0. The summed E-state index contributed by atoms with van der Waals surface area (Å²) in [7, 11) is 0. The number of aromatic nitrogens is 3. The quantitative estimate of drug-likeness (QED) is 0.141. The van der Waals surface area contributed by atoms with Gasteiger partial charge in [-0.25, -0.2) is 4.98 Å². The van der Waals surface area contributed by atoms with Gasteiger partial charge in [0, 0.05) is 33.1 Å². The number of hydrogen-bond acceptors (Lipinski definition) is 5. The van der Waals surface area contributed by atoms with Gasteiger partial charge < -0.3 is 0 Å². The summed E-state index contributed by atoms with van der Waals surface area (Å²) in [5.74, 6) is 0.983. The van der Waals surface area contributed by atoms with Gasteiger partial charge >= 0.3 is 6.18 Å². The Labute approximate surface area is 238 Å². The zero-order chi connectivity index (χ0) is 27.6. The molecule has 3 aromatic carbocycles. The lowest BCUT2D eigenvalue weighted by Gasteiger charge is -2.11. The first-order valence-electron chi connectivity index (χ1n) is 11.4. The van der Waals surface area contributed by atoms with E-state index in [1.165, 1.54) is 12.3 Å². The first kappa shape index (κ1) is 27.1. The Balaban J connectivity index is 1.54. The zero-order valence-corrected chi connectivity index (χ0v) is 23.0. The highest BCUT2D eigenvalue weighted by Gasteiger charge is 2.33. The van der Waals surface area contributed by atoms with Crippen molar-refractivity contribution in [2.45, 2.75) is 16.8 Å². The van der Waals surface area contributed by atoms with Crippen LogP contribution in [-0.2, 0) is 11.9 Å². The third-order valence-electron chi connectivity index (χ3n) is 5.69. The predicted molar refractivity (Wildman–Crippen MR) is 152 cm³/mol. The summed E-state index contributed by atoms with van der Waals surface area (Å²) in [4.78, 5) is 23.3. The second-order valence-corrected chi connectivity index (χ2v) is 10.7. The van der Waals surface area contributed by atoms with Gasteiger partial charge in [0.15, 0.2) is 5.82 Å². The van der Waals surface area contributed by atoms with Gasteiger partial charge in [0.25, 0.3) is 5.56 Å². The summed E-state index contributed by atoms with van der Waals surface area (Å²) >= 11 is 10.8. The summed E-state index contributed by atoms with van der Waals surface area (Å²) in [5, 5.41) is 4.15. The van der Waals surface area contributed by atoms with Gasteiger partial charge in [-0.2, -0.15) is 22.9 Å². The molecule has 5 nitrogen and oxygen atoms in total. The molecular formula is C28H17BrClF3N4OS. The normalized spacial score (nSPS) is 11.9. The number of halogens is 5. The van der Waals surface area contributed by atoms with Gasteiger partial charge in [-0.1, -0.05) is 57.9 Å². The first-order valence-corrected chi connectivity index (χ1v) is 13.6. The molecule has 0 saturated heterocycles. The van der Waals surface area contributed by atoms with Crippen molar-refractivity contribution < 1.29 is 13.2 Å². The topological polar surface area (TPSA) is 60.1 Å². The lowest BCUT2D eigenvalue weighted by atomic mass is 10.1. The molecule has 0 bridgehead atoms. The number of pyridine rings is 1. The van der Waals surface area contributed by atoms with Gasteiger partial charge in [0.1, 0.15) is 0 Å². The number of alkyl halides is 3. The van der Waals surface area contributed by atoms with Gasteiger partial charge in [0.05, 0.1) is 27.7 Å². The highest BCUT2D eigenvalue weighted by molar-refractivity contribution is 9.10. The van der Waals surface area contributed by atoms with Crippen molar-refractivity contribution in [2.24, 2.45) is 5.10 Å². The summed E-state index contributed by atoms with van der Waals surface area (Å²) in [5.41, 5.74) is 0.828. The maximum Gasteiger partial charge on any atom is 0.417 e. The fraction of sp³-hybridized carbons (Fsp3) is 0.0714. The van der Waals surface area contributed by atoms with E-state index in [4.69, 9.17) is 11.6 Å². The molecule has 5 aromatic rings. The molecule has 0 aliphatic heterocycles. The van der Waals surface area contributed by atoms with Crippen LogP contribution in [0.25, 0.3) is 22.3 Å². The van der Waals surface area contributed by atoms with E-state index in [1.54, 1.807) is 42.4 Å². The standard InChI is InChI=1S/C28H17BrClF3N4OS/c29-20-6-8-25-22(14-20)27(38)37(35-15-18-3-7-24(30)23(13-18)28(31,32)33)26(36-25)19-4-1-17(2-5-19)16-39-21-9-11-34-12-10-21/h1-15H,16H2. The smallest absolute Gasteiger partial charge is 0.267 e. The van der Waals surface area contributed by atoms with Crippen LogP contribution < -0.4 is 5.56 Å².